The third kappa shape index (κ3) is 7.72. The number of amides is 2. The van der Waals surface area contributed by atoms with E-state index in [0.717, 1.165) is 11.4 Å². The first-order valence-electron chi connectivity index (χ1n) is 6.86. The van der Waals surface area contributed by atoms with Crippen LogP contribution in [0.4, 0.5) is 0 Å². The number of nitrogens with zero attached hydrogens (tertiary/aromatic N) is 1. The predicted molar refractivity (Wildman–Crippen MR) is 86.3 cm³/mol. The Bertz CT molecular complexity index is 451. The van der Waals surface area contributed by atoms with E-state index < -0.39 is 6.04 Å². The molecule has 2 N–H and O–H groups in total. The van der Waals surface area contributed by atoms with Crippen molar-refractivity contribution in [2.75, 3.05) is 32.9 Å². The van der Waals surface area contributed by atoms with Crippen LogP contribution in [-0.2, 0) is 9.59 Å². The maximum atomic E-state index is 12.1. The van der Waals surface area contributed by atoms with Crippen LogP contribution in [0.3, 0.4) is 0 Å². The molecule has 1 aromatic rings. The van der Waals surface area contributed by atoms with Crippen LogP contribution in [0, 0.1) is 0 Å². The van der Waals surface area contributed by atoms with Crippen LogP contribution in [0.5, 0.6) is 0 Å². The van der Waals surface area contributed by atoms with E-state index in [1.807, 2.05) is 49.3 Å². The number of benzene rings is 1. The second-order valence-corrected chi connectivity index (χ2v) is 6.06. The van der Waals surface area contributed by atoms with Crippen molar-refractivity contribution < 1.29 is 9.59 Å². The third-order valence-electron chi connectivity index (χ3n) is 2.71. The van der Waals surface area contributed by atoms with Gasteiger partial charge in [0.25, 0.3) is 0 Å². The molecule has 21 heavy (non-hydrogen) atoms. The number of nitrogens with one attached hydrogen (secondary N) is 2. The number of rotatable bonds is 8. The topological polar surface area (TPSA) is 61.4 Å². The van der Waals surface area contributed by atoms with E-state index >= 15 is 0 Å². The molecule has 5 nitrogen and oxygen atoms in total. The number of thioether (sulfide) groups is 1. The van der Waals surface area contributed by atoms with Crippen LogP contribution in [-0.4, -0.2) is 55.7 Å². The summed E-state index contributed by atoms with van der Waals surface area (Å²) in [6, 6.07) is 9.30. The molecule has 1 unspecified atom stereocenters. The van der Waals surface area contributed by atoms with Gasteiger partial charge in [0.05, 0.1) is 0 Å². The standard InChI is InChI=1S/C15H23N3O2S/c1-12(19)17-14(15(20)16-9-10-18(2)3)11-21-13-7-5-4-6-8-13/h4-8,14H,9-11H2,1-3H3,(H,16,20)(H,17,19). The average Bonchev–Trinajstić information content (AvgIpc) is 2.43. The number of hydrogen-bond acceptors (Lipinski definition) is 4. The Labute approximate surface area is 130 Å². The van der Waals surface area contributed by atoms with Gasteiger partial charge in [0.1, 0.15) is 6.04 Å². The van der Waals surface area contributed by atoms with Crippen LogP contribution in [0.1, 0.15) is 6.92 Å². The van der Waals surface area contributed by atoms with Crippen molar-refractivity contribution in [1.29, 1.82) is 0 Å². The molecule has 1 rings (SSSR count). The predicted octanol–water partition coefficient (Wildman–Crippen LogP) is 0.961. The fraction of sp³-hybridized carbons (Fsp3) is 0.467. The highest BCUT2D eigenvalue weighted by molar-refractivity contribution is 7.99. The Balaban J connectivity index is 2.50. The lowest BCUT2D eigenvalue weighted by molar-refractivity contribution is -0.127. The zero-order valence-corrected chi connectivity index (χ0v) is 13.6. The van der Waals surface area contributed by atoms with E-state index in [2.05, 4.69) is 10.6 Å². The lowest BCUT2D eigenvalue weighted by atomic mass is 10.3. The highest BCUT2D eigenvalue weighted by atomic mass is 32.2. The minimum atomic E-state index is -0.519. The molecule has 0 bridgehead atoms. The molecule has 0 saturated heterocycles. The first kappa shape index (κ1) is 17.5. The number of carbonyl (C=O) groups is 2. The number of likely N-dealkylation sites (N-methyl/N-ethyl adjacent to an activating group) is 1. The normalized spacial score (nSPS) is 12.0. The first-order valence-corrected chi connectivity index (χ1v) is 7.85. The van der Waals surface area contributed by atoms with E-state index in [-0.39, 0.29) is 11.8 Å². The molecule has 0 aliphatic rings. The van der Waals surface area contributed by atoms with Gasteiger partial charge in [-0.05, 0) is 26.2 Å². The summed E-state index contributed by atoms with van der Waals surface area (Å²) in [4.78, 5) is 26.4. The highest BCUT2D eigenvalue weighted by Gasteiger charge is 2.19. The van der Waals surface area contributed by atoms with Gasteiger partial charge in [-0.3, -0.25) is 9.59 Å². The largest absolute Gasteiger partial charge is 0.353 e. The van der Waals surface area contributed by atoms with E-state index in [0.29, 0.717) is 12.3 Å². The first-order chi connectivity index (χ1) is 9.99. The maximum Gasteiger partial charge on any atom is 0.243 e. The zero-order chi connectivity index (χ0) is 15.7. The SMILES string of the molecule is CC(=O)NC(CSc1ccccc1)C(=O)NCCN(C)C. The third-order valence-corrected chi connectivity index (χ3v) is 3.82. The Morgan fingerprint density at radius 3 is 2.48 bits per heavy atom. The molecule has 1 aromatic carbocycles. The van der Waals surface area contributed by atoms with Crippen LogP contribution in [0.25, 0.3) is 0 Å². The van der Waals surface area contributed by atoms with Crippen molar-refractivity contribution in [2.24, 2.45) is 0 Å². The summed E-state index contributed by atoms with van der Waals surface area (Å²) >= 11 is 1.55. The molecule has 0 saturated carbocycles. The van der Waals surface area contributed by atoms with Crippen LogP contribution in [0.15, 0.2) is 35.2 Å². The van der Waals surface area contributed by atoms with Gasteiger partial charge in [0.2, 0.25) is 11.8 Å². The summed E-state index contributed by atoms with van der Waals surface area (Å²) in [5.41, 5.74) is 0. The molecule has 0 radical (unpaired) electrons. The molecule has 0 aromatic heterocycles. The van der Waals surface area contributed by atoms with Gasteiger partial charge in [-0.25, -0.2) is 0 Å². The summed E-state index contributed by atoms with van der Waals surface area (Å²) in [5.74, 6) is 0.170. The number of hydrogen-bond donors (Lipinski definition) is 2. The Morgan fingerprint density at radius 1 is 1.24 bits per heavy atom. The molecule has 0 fully saturated rings. The van der Waals surface area contributed by atoms with Crippen LogP contribution >= 0.6 is 11.8 Å². The van der Waals surface area contributed by atoms with Crippen LogP contribution < -0.4 is 10.6 Å². The molecule has 0 aliphatic heterocycles. The van der Waals surface area contributed by atoms with Crippen molar-refractivity contribution in [3.05, 3.63) is 30.3 Å². The van der Waals surface area contributed by atoms with Crippen molar-refractivity contribution >= 4 is 23.6 Å². The molecule has 116 valence electrons. The van der Waals surface area contributed by atoms with Crippen molar-refractivity contribution in [1.82, 2.24) is 15.5 Å². The molecule has 1 atom stereocenters. The van der Waals surface area contributed by atoms with Crippen molar-refractivity contribution in [3.63, 3.8) is 0 Å². The molecule has 0 heterocycles. The molecule has 0 aliphatic carbocycles. The second-order valence-electron chi connectivity index (χ2n) is 4.97. The minimum Gasteiger partial charge on any atom is -0.353 e. The van der Waals surface area contributed by atoms with E-state index in [1.165, 1.54) is 6.92 Å². The summed E-state index contributed by atoms with van der Waals surface area (Å²) in [7, 11) is 3.89. The van der Waals surface area contributed by atoms with Gasteiger partial charge in [-0.15, -0.1) is 11.8 Å². The summed E-state index contributed by atoms with van der Waals surface area (Å²) in [5, 5.41) is 5.55. The summed E-state index contributed by atoms with van der Waals surface area (Å²) < 4.78 is 0. The molecular formula is C15H23N3O2S. The zero-order valence-electron chi connectivity index (χ0n) is 12.8. The quantitative estimate of drug-likeness (QED) is 0.702. The molecule has 6 heteroatoms. The summed E-state index contributed by atoms with van der Waals surface area (Å²) in [6.45, 7) is 2.76. The summed E-state index contributed by atoms with van der Waals surface area (Å²) in [6.07, 6.45) is 0. The highest BCUT2D eigenvalue weighted by Crippen LogP contribution is 2.17. The fourth-order valence-corrected chi connectivity index (χ4v) is 2.59. The van der Waals surface area contributed by atoms with Gasteiger partial charge < -0.3 is 15.5 Å². The van der Waals surface area contributed by atoms with Crippen LogP contribution in [0.2, 0.25) is 0 Å². The molecule has 2 amide bonds. The van der Waals surface area contributed by atoms with E-state index in [4.69, 9.17) is 0 Å². The Morgan fingerprint density at radius 2 is 1.90 bits per heavy atom. The maximum absolute atomic E-state index is 12.1. The molecule has 0 spiro atoms. The van der Waals surface area contributed by atoms with Gasteiger partial charge in [-0.2, -0.15) is 0 Å². The lowest BCUT2D eigenvalue weighted by Crippen LogP contribution is -2.48. The monoisotopic (exact) mass is 309 g/mol. The van der Waals surface area contributed by atoms with Gasteiger partial charge in [0, 0.05) is 30.7 Å². The Kier molecular flexibility index (Phi) is 7.85. The Hall–Kier alpha value is -1.53. The lowest BCUT2D eigenvalue weighted by Gasteiger charge is -2.18. The van der Waals surface area contributed by atoms with Crippen molar-refractivity contribution in [3.8, 4) is 0 Å². The molecular weight excluding hydrogens is 286 g/mol. The van der Waals surface area contributed by atoms with E-state index in [9.17, 15) is 9.59 Å². The van der Waals surface area contributed by atoms with E-state index in [1.54, 1.807) is 11.8 Å². The minimum absolute atomic E-state index is 0.143. The van der Waals surface area contributed by atoms with Gasteiger partial charge in [-0.1, -0.05) is 18.2 Å². The number of carbonyl (C=O) groups excluding carboxylic acids is 2. The van der Waals surface area contributed by atoms with Gasteiger partial charge in [0.15, 0.2) is 0 Å². The smallest absolute Gasteiger partial charge is 0.243 e. The fourth-order valence-electron chi connectivity index (χ4n) is 1.65. The van der Waals surface area contributed by atoms with Gasteiger partial charge >= 0.3 is 0 Å². The van der Waals surface area contributed by atoms with Crippen molar-refractivity contribution in [2.45, 2.75) is 17.9 Å². The average molecular weight is 309 g/mol. The second kappa shape index (κ2) is 9.41.